The Morgan fingerprint density at radius 1 is 0.560 bits per heavy atom. The van der Waals surface area contributed by atoms with Crippen LogP contribution in [0.2, 0.25) is 0 Å². The van der Waals surface area contributed by atoms with Gasteiger partial charge in [-0.05, 0) is 18.2 Å². The van der Waals surface area contributed by atoms with Crippen molar-refractivity contribution in [2.45, 2.75) is 0 Å². The highest BCUT2D eigenvalue weighted by Crippen LogP contribution is 2.31. The van der Waals surface area contributed by atoms with Crippen molar-refractivity contribution in [2.75, 3.05) is 4.90 Å². The number of hydrogen-bond acceptors (Lipinski definition) is 1. The van der Waals surface area contributed by atoms with Crippen LogP contribution in [0.25, 0.3) is 0 Å². The van der Waals surface area contributed by atoms with Crippen LogP contribution in [0.15, 0.2) is 73.6 Å². The first kappa shape index (κ1) is 22.0. The molecule has 134 valence electrons. The monoisotopic (exact) mass is 350 g/mol. The smallest absolute Gasteiger partial charge is 0.192 e. The molecule has 3 heterocycles. The molecule has 0 atom stereocenters. The van der Waals surface area contributed by atoms with Crippen LogP contribution in [-0.4, -0.2) is 0 Å². The highest BCUT2D eigenvalue weighted by Gasteiger charge is 2.18. The third-order valence-corrected chi connectivity index (χ3v) is 3.55. The maximum Gasteiger partial charge on any atom is 0.192 e. The Kier molecular flexibility index (Phi) is 8.25. The lowest BCUT2D eigenvalue weighted by Crippen LogP contribution is -3.00. The maximum absolute atomic E-state index is 2.25. The van der Waals surface area contributed by atoms with Gasteiger partial charge in [0, 0.05) is 18.2 Å². The van der Waals surface area contributed by atoms with Gasteiger partial charge in [-0.2, -0.15) is 0 Å². The second-order valence-corrected chi connectivity index (χ2v) is 5.52. The molecule has 0 amide bonds. The number of halogens is 3. The van der Waals surface area contributed by atoms with Crippen molar-refractivity contribution in [2.24, 2.45) is 21.1 Å². The fraction of sp³-hybridized carbons (Fsp3) is 0.167. The third-order valence-electron chi connectivity index (χ3n) is 3.55. The molecule has 0 aliphatic rings. The van der Waals surface area contributed by atoms with Gasteiger partial charge in [-0.3, -0.25) is 4.90 Å². The first-order valence-electron chi connectivity index (χ1n) is 7.29. The number of anilines is 3. The van der Waals surface area contributed by atoms with Crippen LogP contribution in [0, 0.1) is 0 Å². The third kappa shape index (κ3) is 5.00. The Bertz CT molecular complexity index is 703. The van der Waals surface area contributed by atoms with Crippen molar-refractivity contribution in [1.82, 2.24) is 0 Å². The number of aryl methyl sites for hydroxylation is 3. The summed E-state index contributed by atoms with van der Waals surface area (Å²) in [5, 5.41) is 0. The summed E-state index contributed by atoms with van der Waals surface area (Å²) in [6, 6.07) is 12.6. The SMILES string of the molecule is C[n+]1cccc(N(c2ccc[n+](C)c2)c2ccc[n+](C)c2)c1.[F-].[F-].[F-]. The average Bonchev–Trinajstić information content (AvgIpc) is 2.48. The zero-order chi connectivity index (χ0) is 15.5. The van der Waals surface area contributed by atoms with E-state index < -0.39 is 0 Å². The van der Waals surface area contributed by atoms with E-state index in [1.807, 2.05) is 39.7 Å². The molecule has 0 radical (unpaired) electrons. The van der Waals surface area contributed by atoms with Gasteiger partial charge in [0.25, 0.3) is 0 Å². The molecule has 25 heavy (non-hydrogen) atoms. The summed E-state index contributed by atoms with van der Waals surface area (Å²) in [5.41, 5.74) is 3.38. The van der Waals surface area contributed by atoms with E-state index in [-0.39, 0.29) is 14.1 Å². The lowest BCUT2D eigenvalue weighted by atomic mass is 10.2. The van der Waals surface area contributed by atoms with Crippen LogP contribution in [0.3, 0.4) is 0 Å². The van der Waals surface area contributed by atoms with Crippen molar-refractivity contribution < 1.29 is 27.8 Å². The van der Waals surface area contributed by atoms with Gasteiger partial charge >= 0.3 is 0 Å². The predicted octanol–water partition coefficient (Wildman–Crippen LogP) is -7.36. The van der Waals surface area contributed by atoms with Crippen molar-refractivity contribution in [3.8, 4) is 0 Å². The van der Waals surface area contributed by atoms with Gasteiger partial charge in [0.1, 0.15) is 38.2 Å². The van der Waals surface area contributed by atoms with Crippen molar-refractivity contribution in [1.29, 1.82) is 0 Å². The zero-order valence-electron chi connectivity index (χ0n) is 14.4. The molecule has 3 rings (SSSR count). The van der Waals surface area contributed by atoms with Crippen LogP contribution in [-0.2, 0) is 21.1 Å². The molecule has 0 fully saturated rings. The van der Waals surface area contributed by atoms with Crippen LogP contribution in [0.4, 0.5) is 17.1 Å². The molecule has 0 aliphatic heterocycles. The predicted molar refractivity (Wildman–Crippen MR) is 84.7 cm³/mol. The van der Waals surface area contributed by atoms with Gasteiger partial charge in [0.2, 0.25) is 0 Å². The lowest BCUT2D eigenvalue weighted by Gasteiger charge is -2.21. The summed E-state index contributed by atoms with van der Waals surface area (Å²) < 4.78 is 6.19. The molecule has 0 unspecified atom stereocenters. The minimum absolute atomic E-state index is 0. The average molecular weight is 350 g/mol. The van der Waals surface area contributed by atoms with Crippen LogP contribution < -0.4 is 32.7 Å². The fourth-order valence-corrected chi connectivity index (χ4v) is 2.56. The normalized spacial score (nSPS) is 9.24. The Hall–Kier alpha value is -2.96. The number of nitrogens with zero attached hydrogens (tertiary/aromatic N) is 4. The fourth-order valence-electron chi connectivity index (χ4n) is 2.56. The van der Waals surface area contributed by atoms with Crippen LogP contribution in [0.1, 0.15) is 0 Å². The van der Waals surface area contributed by atoms with Gasteiger partial charge < -0.3 is 14.1 Å². The topological polar surface area (TPSA) is 14.9 Å². The minimum Gasteiger partial charge on any atom is -1.00 e. The summed E-state index contributed by atoms with van der Waals surface area (Å²) in [5.74, 6) is 0. The molecule has 0 bridgehead atoms. The lowest BCUT2D eigenvalue weighted by molar-refractivity contribution is -0.671. The van der Waals surface area contributed by atoms with E-state index in [1.54, 1.807) is 0 Å². The number of hydrogen-bond donors (Lipinski definition) is 0. The summed E-state index contributed by atoms with van der Waals surface area (Å²) in [6.07, 6.45) is 12.5. The number of aromatic nitrogens is 3. The van der Waals surface area contributed by atoms with Crippen molar-refractivity contribution in [3.05, 3.63) is 73.6 Å². The molecular formula is C18H21F3N4. The molecular weight excluding hydrogens is 329 g/mol. The van der Waals surface area contributed by atoms with Gasteiger partial charge in [0.05, 0.1) is 0 Å². The van der Waals surface area contributed by atoms with E-state index in [0.717, 1.165) is 17.1 Å². The minimum atomic E-state index is 0. The molecule has 0 N–H and O–H groups in total. The molecule has 0 aliphatic carbocycles. The standard InChI is InChI=1S/C18H21N4.3FH/c1-19-10-4-7-16(13-19)22(17-8-5-11-20(2)14-17)18-9-6-12-21(3)15-18;;;/h4-15H,1-3H3;3*1H/q+3;;;/p-3. The van der Waals surface area contributed by atoms with Crippen LogP contribution >= 0.6 is 0 Å². The molecule has 0 saturated carbocycles. The molecule has 0 aromatic carbocycles. The molecule has 0 saturated heterocycles. The molecule has 3 aromatic rings. The second-order valence-electron chi connectivity index (χ2n) is 5.52. The molecule has 0 spiro atoms. The van der Waals surface area contributed by atoms with E-state index in [4.69, 9.17) is 0 Å². The highest BCUT2D eigenvalue weighted by molar-refractivity contribution is 5.73. The summed E-state index contributed by atoms with van der Waals surface area (Å²) in [7, 11) is 6.12. The quantitative estimate of drug-likeness (QED) is 0.429. The summed E-state index contributed by atoms with van der Waals surface area (Å²) >= 11 is 0. The number of pyridine rings is 3. The first-order chi connectivity index (χ1) is 10.6. The largest absolute Gasteiger partial charge is 1.00 e. The Morgan fingerprint density at radius 2 is 0.840 bits per heavy atom. The Morgan fingerprint density at radius 3 is 1.08 bits per heavy atom. The maximum atomic E-state index is 2.25. The van der Waals surface area contributed by atoms with E-state index in [1.165, 1.54) is 0 Å². The van der Waals surface area contributed by atoms with Crippen molar-refractivity contribution >= 4 is 17.1 Å². The van der Waals surface area contributed by atoms with Crippen LogP contribution in [0.5, 0.6) is 0 Å². The van der Waals surface area contributed by atoms with Gasteiger partial charge in [-0.1, -0.05) is 0 Å². The van der Waals surface area contributed by atoms with Gasteiger partial charge in [-0.25, -0.2) is 13.7 Å². The summed E-state index contributed by atoms with van der Waals surface area (Å²) in [4.78, 5) is 2.25. The van der Waals surface area contributed by atoms with Crippen molar-refractivity contribution in [3.63, 3.8) is 0 Å². The van der Waals surface area contributed by atoms with E-state index in [9.17, 15) is 0 Å². The summed E-state index contributed by atoms with van der Waals surface area (Å²) in [6.45, 7) is 0. The molecule has 3 aromatic heterocycles. The van der Waals surface area contributed by atoms with Gasteiger partial charge in [-0.15, -0.1) is 0 Å². The Labute approximate surface area is 145 Å². The Balaban J connectivity index is 0.00000192. The van der Waals surface area contributed by atoms with Gasteiger partial charge in [0.15, 0.2) is 37.2 Å². The number of rotatable bonds is 3. The first-order valence-corrected chi connectivity index (χ1v) is 7.29. The van der Waals surface area contributed by atoms with E-state index in [0.29, 0.717) is 0 Å². The second kappa shape index (κ2) is 9.36. The van der Waals surface area contributed by atoms with E-state index in [2.05, 4.69) is 73.6 Å². The molecule has 7 heteroatoms. The van der Waals surface area contributed by atoms with E-state index >= 15 is 0 Å². The highest BCUT2D eigenvalue weighted by atomic mass is 19.0. The molecule has 4 nitrogen and oxygen atoms in total. The zero-order valence-corrected chi connectivity index (χ0v) is 14.4.